The molecule has 3 rings (SSSR count). The quantitative estimate of drug-likeness (QED) is 0.694. The molecule has 2 aromatic carbocycles. The third-order valence-electron chi connectivity index (χ3n) is 4.81. The van der Waals surface area contributed by atoms with Crippen molar-refractivity contribution in [2.45, 2.75) is 12.6 Å². The highest BCUT2D eigenvalue weighted by atomic mass is 32.1. The number of nitrogens with one attached hydrogen (secondary N) is 2. The number of hydrogen-bond acceptors (Lipinski definition) is 4. The minimum Gasteiger partial charge on any atom is -0.497 e. The Morgan fingerprint density at radius 3 is 2.43 bits per heavy atom. The van der Waals surface area contributed by atoms with E-state index < -0.39 is 0 Å². The molecule has 1 unspecified atom stereocenters. The lowest BCUT2D eigenvalue weighted by Crippen LogP contribution is -2.45. The molecule has 0 amide bonds. The van der Waals surface area contributed by atoms with Crippen molar-refractivity contribution in [1.29, 1.82) is 0 Å². The molecule has 0 radical (unpaired) electrons. The van der Waals surface area contributed by atoms with Crippen LogP contribution in [0.15, 0.2) is 48.5 Å². The summed E-state index contributed by atoms with van der Waals surface area (Å²) >= 11 is 5.44. The molecule has 0 aliphatic carbocycles. The van der Waals surface area contributed by atoms with Gasteiger partial charge in [0.25, 0.3) is 0 Å². The molecule has 2 aromatic rings. The molecule has 1 aliphatic rings. The number of rotatable bonds is 7. The van der Waals surface area contributed by atoms with Crippen LogP contribution in [0.5, 0.6) is 5.75 Å². The largest absolute Gasteiger partial charge is 0.497 e. The zero-order valence-corrected chi connectivity index (χ0v) is 16.8. The third kappa shape index (κ3) is 5.89. The Bertz CT molecular complexity index is 749. The zero-order valence-electron chi connectivity index (χ0n) is 16.0. The van der Waals surface area contributed by atoms with Crippen LogP contribution in [0.4, 0.5) is 4.39 Å². The van der Waals surface area contributed by atoms with E-state index in [1.54, 1.807) is 7.11 Å². The molecule has 1 fully saturated rings. The smallest absolute Gasteiger partial charge is 0.166 e. The SMILES string of the molecule is COc1ccc(CNC(=S)NCC(c2ccc(F)cc2)N2CCOCC2)cc1. The van der Waals surface area contributed by atoms with E-state index in [4.69, 9.17) is 21.7 Å². The number of ether oxygens (including phenoxy) is 2. The molecule has 7 heteroatoms. The van der Waals surface area contributed by atoms with Gasteiger partial charge in [-0.2, -0.15) is 0 Å². The van der Waals surface area contributed by atoms with Crippen LogP contribution < -0.4 is 15.4 Å². The lowest BCUT2D eigenvalue weighted by molar-refractivity contribution is 0.0170. The normalized spacial score (nSPS) is 15.6. The first-order valence-electron chi connectivity index (χ1n) is 9.37. The topological polar surface area (TPSA) is 45.8 Å². The van der Waals surface area contributed by atoms with E-state index in [-0.39, 0.29) is 11.9 Å². The van der Waals surface area contributed by atoms with Crippen molar-refractivity contribution >= 4 is 17.3 Å². The second-order valence-corrected chi connectivity index (χ2v) is 7.04. The minimum absolute atomic E-state index is 0.102. The van der Waals surface area contributed by atoms with Crippen molar-refractivity contribution in [1.82, 2.24) is 15.5 Å². The van der Waals surface area contributed by atoms with Crippen LogP contribution in [0.25, 0.3) is 0 Å². The van der Waals surface area contributed by atoms with E-state index in [0.717, 1.165) is 30.0 Å². The molecule has 1 atom stereocenters. The summed E-state index contributed by atoms with van der Waals surface area (Å²) < 4.78 is 24.0. The summed E-state index contributed by atoms with van der Waals surface area (Å²) in [7, 11) is 1.65. The van der Waals surface area contributed by atoms with Crippen LogP contribution in [0.3, 0.4) is 0 Å². The van der Waals surface area contributed by atoms with E-state index in [9.17, 15) is 4.39 Å². The van der Waals surface area contributed by atoms with E-state index in [0.29, 0.717) is 31.4 Å². The van der Waals surface area contributed by atoms with Gasteiger partial charge < -0.3 is 20.1 Å². The Morgan fingerprint density at radius 2 is 1.79 bits per heavy atom. The van der Waals surface area contributed by atoms with Crippen molar-refractivity contribution in [2.24, 2.45) is 0 Å². The van der Waals surface area contributed by atoms with Gasteiger partial charge in [-0.05, 0) is 47.6 Å². The monoisotopic (exact) mass is 403 g/mol. The van der Waals surface area contributed by atoms with Gasteiger partial charge in [0.05, 0.1) is 26.4 Å². The molecule has 2 N–H and O–H groups in total. The Kier molecular flexibility index (Phi) is 7.59. The van der Waals surface area contributed by atoms with Gasteiger partial charge in [-0.1, -0.05) is 24.3 Å². The van der Waals surface area contributed by atoms with Crippen molar-refractivity contribution < 1.29 is 13.9 Å². The minimum atomic E-state index is -0.228. The van der Waals surface area contributed by atoms with Gasteiger partial charge in [0.1, 0.15) is 11.6 Å². The summed E-state index contributed by atoms with van der Waals surface area (Å²) in [4.78, 5) is 2.34. The summed E-state index contributed by atoms with van der Waals surface area (Å²) in [5, 5.41) is 7.13. The summed E-state index contributed by atoms with van der Waals surface area (Å²) in [6.07, 6.45) is 0. The fourth-order valence-electron chi connectivity index (χ4n) is 3.21. The highest BCUT2D eigenvalue weighted by molar-refractivity contribution is 7.80. The number of halogens is 1. The lowest BCUT2D eigenvalue weighted by Gasteiger charge is -2.35. The molecule has 0 saturated carbocycles. The van der Waals surface area contributed by atoms with Crippen molar-refractivity contribution in [2.75, 3.05) is 40.0 Å². The van der Waals surface area contributed by atoms with Crippen molar-refractivity contribution in [3.63, 3.8) is 0 Å². The van der Waals surface area contributed by atoms with Crippen LogP contribution in [0.1, 0.15) is 17.2 Å². The summed E-state index contributed by atoms with van der Waals surface area (Å²) in [5.41, 5.74) is 2.18. The standard InChI is InChI=1S/C21H26FN3O2S/c1-26-19-8-2-16(3-9-19)14-23-21(28)24-15-20(25-10-12-27-13-11-25)17-4-6-18(22)7-5-17/h2-9,20H,10-15H2,1H3,(H2,23,24,28). The van der Waals surface area contributed by atoms with Crippen molar-refractivity contribution in [3.05, 3.63) is 65.5 Å². The molecule has 1 saturated heterocycles. The maximum absolute atomic E-state index is 13.3. The molecule has 28 heavy (non-hydrogen) atoms. The predicted molar refractivity (Wildman–Crippen MR) is 112 cm³/mol. The maximum atomic E-state index is 13.3. The molecule has 1 heterocycles. The van der Waals surface area contributed by atoms with Crippen LogP contribution >= 0.6 is 12.2 Å². The van der Waals surface area contributed by atoms with Crippen molar-refractivity contribution in [3.8, 4) is 5.75 Å². The van der Waals surface area contributed by atoms with Gasteiger partial charge in [-0.3, -0.25) is 4.90 Å². The van der Waals surface area contributed by atoms with Gasteiger partial charge in [-0.25, -0.2) is 4.39 Å². The fourth-order valence-corrected chi connectivity index (χ4v) is 3.36. The van der Waals surface area contributed by atoms with Gasteiger partial charge in [0, 0.05) is 26.2 Å². The number of nitrogens with zero attached hydrogens (tertiary/aromatic N) is 1. The summed E-state index contributed by atoms with van der Waals surface area (Å²) in [6, 6.07) is 14.6. The Hall–Kier alpha value is -2.22. The zero-order chi connectivity index (χ0) is 19.8. The molecule has 150 valence electrons. The van der Waals surface area contributed by atoms with E-state index in [1.165, 1.54) is 12.1 Å². The second-order valence-electron chi connectivity index (χ2n) is 6.63. The predicted octanol–water partition coefficient (Wildman–Crippen LogP) is 2.87. The van der Waals surface area contributed by atoms with Gasteiger partial charge in [-0.15, -0.1) is 0 Å². The van der Waals surface area contributed by atoms with E-state index >= 15 is 0 Å². The van der Waals surface area contributed by atoms with Crippen LogP contribution in [-0.2, 0) is 11.3 Å². The number of hydrogen-bond donors (Lipinski definition) is 2. The second kappa shape index (κ2) is 10.4. The molecular formula is C21H26FN3O2S. The average molecular weight is 404 g/mol. The first-order chi connectivity index (χ1) is 13.7. The molecule has 0 aromatic heterocycles. The van der Waals surface area contributed by atoms with Gasteiger partial charge >= 0.3 is 0 Å². The fraction of sp³-hybridized carbons (Fsp3) is 0.381. The first kappa shape index (κ1) is 20.5. The lowest BCUT2D eigenvalue weighted by atomic mass is 10.0. The van der Waals surface area contributed by atoms with Crippen LogP contribution in [0, 0.1) is 5.82 Å². The molecule has 5 nitrogen and oxygen atoms in total. The molecule has 0 bridgehead atoms. The van der Waals surface area contributed by atoms with E-state index in [2.05, 4.69) is 15.5 Å². The van der Waals surface area contributed by atoms with Gasteiger partial charge in [0.15, 0.2) is 5.11 Å². The number of benzene rings is 2. The third-order valence-corrected chi connectivity index (χ3v) is 5.10. The average Bonchev–Trinajstić information content (AvgIpc) is 2.75. The first-order valence-corrected chi connectivity index (χ1v) is 9.78. The van der Waals surface area contributed by atoms with Gasteiger partial charge in [0.2, 0.25) is 0 Å². The number of thiocarbonyl (C=S) groups is 1. The molecule has 1 aliphatic heterocycles. The summed E-state index contributed by atoms with van der Waals surface area (Å²) in [5.74, 6) is 0.603. The molecular weight excluding hydrogens is 377 g/mol. The number of morpholine rings is 1. The van der Waals surface area contributed by atoms with Crippen LogP contribution in [-0.4, -0.2) is 50.0 Å². The Morgan fingerprint density at radius 1 is 1.11 bits per heavy atom. The van der Waals surface area contributed by atoms with E-state index in [1.807, 2.05) is 36.4 Å². The highest BCUT2D eigenvalue weighted by Crippen LogP contribution is 2.21. The number of methoxy groups -OCH3 is 1. The Balaban J connectivity index is 1.55. The summed E-state index contributed by atoms with van der Waals surface area (Å²) in [6.45, 7) is 4.37. The maximum Gasteiger partial charge on any atom is 0.166 e. The molecule has 0 spiro atoms. The Labute approximate surface area is 170 Å². The van der Waals surface area contributed by atoms with Crippen LogP contribution in [0.2, 0.25) is 0 Å². The highest BCUT2D eigenvalue weighted by Gasteiger charge is 2.22.